The van der Waals surface area contributed by atoms with Crippen LogP contribution in [-0.2, 0) is 66.4 Å². The summed E-state index contributed by atoms with van der Waals surface area (Å²) >= 11 is 0. The van der Waals surface area contributed by atoms with Gasteiger partial charge in [-0.05, 0) is 0 Å². The molecule has 0 unspecified atom stereocenters. The Morgan fingerprint density at radius 3 is 1.09 bits per heavy atom. The normalized spacial score (nSPS) is 51.9. The van der Waals surface area contributed by atoms with Crippen LogP contribution in [0.25, 0.3) is 0 Å². The van der Waals surface area contributed by atoms with Crippen molar-refractivity contribution in [3.8, 4) is 0 Å². The van der Waals surface area contributed by atoms with E-state index in [-0.39, 0.29) is 0 Å². The molecule has 0 saturated carbocycles. The monoisotopic (exact) mass is 1190 g/mol. The maximum atomic E-state index is 12.1. The van der Waals surface area contributed by atoms with Crippen molar-refractivity contribution in [2.45, 2.75) is 222 Å². The molecule has 0 aromatic carbocycles. The highest BCUT2D eigenvalue weighted by Crippen LogP contribution is 2.37. The van der Waals surface area contributed by atoms with Gasteiger partial charge in [0, 0.05) is 6.92 Å². The van der Waals surface area contributed by atoms with E-state index >= 15 is 0 Å². The highest BCUT2D eigenvalue weighted by Gasteiger charge is 2.58. The highest BCUT2D eigenvalue weighted by atomic mass is 16.8. The smallest absolute Gasteiger partial charge is 0.217 e. The lowest BCUT2D eigenvalue weighted by atomic mass is 9.95. The first-order valence-corrected chi connectivity index (χ1v) is 25.6. The molecule has 0 aliphatic carbocycles. The molecule has 81 heavy (non-hydrogen) atoms. The average molecular weight is 1190 g/mol. The fourth-order valence-electron chi connectivity index (χ4n) is 10.2. The van der Waals surface area contributed by atoms with E-state index in [9.17, 15) is 117 Å². The third kappa shape index (κ3) is 14.2. The summed E-state index contributed by atoms with van der Waals surface area (Å²) in [6.45, 7) is -5.85. The predicted octanol–water partition coefficient (Wildman–Crippen LogP) is -16.1. The Bertz CT molecular complexity index is 1940. The molecule has 37 heteroatoms. The lowest BCUT2D eigenvalue weighted by Gasteiger charge is -2.50. The van der Waals surface area contributed by atoms with Crippen LogP contribution in [0.3, 0.4) is 0 Å². The summed E-state index contributed by atoms with van der Waals surface area (Å²) in [4.78, 5) is 12.1. The van der Waals surface area contributed by atoms with Gasteiger partial charge in [0.2, 0.25) is 5.91 Å². The predicted molar refractivity (Wildman–Crippen MR) is 243 cm³/mol. The van der Waals surface area contributed by atoms with Crippen LogP contribution in [0.1, 0.15) is 6.92 Å². The molecular formula is C44H75NO36. The number of rotatable bonds is 20. The lowest BCUT2D eigenvalue weighted by Crippen LogP contribution is -2.69. The second-order valence-electron chi connectivity index (χ2n) is 20.4. The molecule has 7 rings (SSSR count). The van der Waals surface area contributed by atoms with E-state index in [1.165, 1.54) is 0 Å². The third-order valence-corrected chi connectivity index (χ3v) is 14.9. The van der Waals surface area contributed by atoms with Gasteiger partial charge in [0.1, 0.15) is 171 Å². The Hall–Kier alpha value is -1.93. The molecule has 7 fully saturated rings. The van der Waals surface area contributed by atoms with Gasteiger partial charge >= 0.3 is 0 Å². The molecule has 35 atom stereocenters. The first-order chi connectivity index (χ1) is 38.3. The first-order valence-electron chi connectivity index (χ1n) is 25.6. The van der Waals surface area contributed by atoms with Crippen LogP contribution in [0.5, 0.6) is 0 Å². The quantitative estimate of drug-likeness (QED) is 0.0538. The van der Waals surface area contributed by atoms with Gasteiger partial charge in [0.25, 0.3) is 0 Å². The summed E-state index contributed by atoms with van der Waals surface area (Å²) in [5.41, 5.74) is 0. The van der Waals surface area contributed by atoms with E-state index in [2.05, 4.69) is 5.32 Å². The molecule has 23 N–H and O–H groups in total. The zero-order valence-corrected chi connectivity index (χ0v) is 42.7. The minimum Gasteiger partial charge on any atom is -0.394 e. The number of carbonyl (C=O) groups excluding carboxylic acids is 1. The van der Waals surface area contributed by atoms with E-state index in [4.69, 9.17) is 61.6 Å². The summed E-state index contributed by atoms with van der Waals surface area (Å²) in [6, 6.07) is -1.68. The standard InChI is InChI=1S/C44H75NO36/c1-9(51)45-17-24(58)34(14(6-50)71-38(17)68)78-43-33(67)36(80-44-37(28(62)21(55)13(5-49)75-44)81-42-31(65)27(61)20(54)12(4-48)74-42)23(57)16(77-43)8-70-40-32(66)35(79-41-30(64)26(60)19(53)11(3-47)73-41)22(56)15(76-40)7-69-39-29(63)25(59)18(52)10(2-46)72-39/h10-44,46-50,52-68H,2-8H2,1H3,(H,45,51)/t10-,11+,12-,13-,14-,15+,16+,17-,18-,19+,20-,21-,22+,23+,24-,25+,26-,27+,28+,29+,30-,31+,32-,33-,34-,35-,36-,37+,38-,39+,40-,41+,42-,43-,44-/m0/s1. The van der Waals surface area contributed by atoms with Crippen LogP contribution in [0.2, 0.25) is 0 Å². The SMILES string of the molecule is CC(=O)N[C@H]1[C@H](O)[C@@H](O[C@@H]2O[C@H](CO[C@H]3O[C@H](CO[C@@H]4O[C@@H](CO)[C@H](O)[C@@H](O)[C@H]4O)[C@@H](O)[C@H](O[C@H]4O[C@H](CO)[C@@H](O)[C@H](O)[C@@H]4O)[C@@H]3O)[C@@H](O)[C@H](O[C@@H]3O[C@@H](CO)[C@H](O)[C@@H](O)[C@H]3O[C@@H]3O[C@@H](CO)[C@H](O)[C@@H](O)[C@H]3O)[C@@H]2O)[C@H](CO)O[C@@H]1O. The maximum Gasteiger partial charge on any atom is 0.217 e. The Morgan fingerprint density at radius 2 is 0.642 bits per heavy atom. The molecular weight excluding hydrogens is 1120 g/mol. The number of aliphatic hydroxyl groups is 22. The maximum absolute atomic E-state index is 12.1. The van der Waals surface area contributed by atoms with E-state index in [1.54, 1.807) is 0 Å². The Morgan fingerprint density at radius 1 is 0.321 bits per heavy atom. The summed E-state index contributed by atoms with van der Waals surface area (Å²) in [5, 5.41) is 238. The summed E-state index contributed by atoms with van der Waals surface area (Å²) in [6.07, 6.45) is -68.1. The fourth-order valence-corrected chi connectivity index (χ4v) is 10.2. The van der Waals surface area contributed by atoms with E-state index in [0.717, 1.165) is 6.92 Å². The zero-order valence-electron chi connectivity index (χ0n) is 42.7. The van der Waals surface area contributed by atoms with Gasteiger partial charge in [-0.3, -0.25) is 4.79 Å². The summed E-state index contributed by atoms with van der Waals surface area (Å²) in [5.74, 6) is -0.796. The number of carbonyl (C=O) groups is 1. The van der Waals surface area contributed by atoms with Gasteiger partial charge in [-0.1, -0.05) is 0 Å². The second-order valence-corrected chi connectivity index (χ2v) is 20.4. The topological polar surface area (TPSA) is 594 Å². The molecule has 7 aliphatic rings. The van der Waals surface area contributed by atoms with Crippen LogP contribution in [0.15, 0.2) is 0 Å². The van der Waals surface area contributed by atoms with Crippen LogP contribution in [0, 0.1) is 0 Å². The van der Waals surface area contributed by atoms with E-state index < -0.39 is 267 Å². The van der Waals surface area contributed by atoms with Gasteiger partial charge in [0.15, 0.2) is 44.0 Å². The van der Waals surface area contributed by atoms with Crippen molar-refractivity contribution in [3.05, 3.63) is 0 Å². The molecule has 7 aliphatic heterocycles. The second kappa shape index (κ2) is 28.7. The van der Waals surface area contributed by atoms with Gasteiger partial charge in [0.05, 0.1) is 46.2 Å². The van der Waals surface area contributed by atoms with Crippen LogP contribution < -0.4 is 5.32 Å². The van der Waals surface area contributed by atoms with Crippen molar-refractivity contribution in [1.29, 1.82) is 0 Å². The lowest BCUT2D eigenvalue weighted by molar-refractivity contribution is -0.397. The van der Waals surface area contributed by atoms with Crippen molar-refractivity contribution in [2.75, 3.05) is 46.2 Å². The first kappa shape index (κ1) is 66.6. The highest BCUT2D eigenvalue weighted by molar-refractivity contribution is 5.73. The van der Waals surface area contributed by atoms with E-state index in [1.807, 2.05) is 0 Å². The Balaban J connectivity index is 1.20. The number of aliphatic hydroxyl groups excluding tert-OH is 22. The fraction of sp³-hybridized carbons (Fsp3) is 0.977. The molecule has 472 valence electrons. The van der Waals surface area contributed by atoms with Crippen molar-refractivity contribution >= 4 is 5.91 Å². The summed E-state index contributed by atoms with van der Waals surface area (Å²) in [7, 11) is 0. The molecule has 1 amide bonds. The number of hydrogen-bond acceptors (Lipinski definition) is 36. The zero-order chi connectivity index (χ0) is 59.6. The Kier molecular flexibility index (Phi) is 23.6. The molecule has 0 bridgehead atoms. The molecule has 37 nitrogen and oxygen atoms in total. The van der Waals surface area contributed by atoms with Crippen LogP contribution in [0.4, 0.5) is 0 Å². The minimum atomic E-state index is -2.37. The largest absolute Gasteiger partial charge is 0.394 e. The number of hydrogen-bond donors (Lipinski definition) is 23. The van der Waals surface area contributed by atoms with Gasteiger partial charge in [-0.25, -0.2) is 0 Å². The molecule has 0 spiro atoms. The minimum absolute atomic E-state index is 0.796. The van der Waals surface area contributed by atoms with Crippen molar-refractivity contribution in [1.82, 2.24) is 5.32 Å². The molecule has 0 radical (unpaired) electrons. The van der Waals surface area contributed by atoms with E-state index in [0.29, 0.717) is 0 Å². The molecule has 0 aromatic heterocycles. The van der Waals surface area contributed by atoms with Crippen molar-refractivity contribution in [3.63, 3.8) is 0 Å². The molecule has 7 saturated heterocycles. The van der Waals surface area contributed by atoms with Crippen molar-refractivity contribution < 1.29 is 179 Å². The number of nitrogens with one attached hydrogen (secondary N) is 1. The van der Waals surface area contributed by atoms with Crippen molar-refractivity contribution in [2.24, 2.45) is 0 Å². The Labute approximate surface area is 457 Å². The van der Waals surface area contributed by atoms with Crippen LogP contribution in [-0.4, -0.2) is 379 Å². The van der Waals surface area contributed by atoms with Gasteiger partial charge in [-0.15, -0.1) is 0 Å². The summed E-state index contributed by atoms with van der Waals surface area (Å²) < 4.78 is 73.9. The van der Waals surface area contributed by atoms with Gasteiger partial charge < -0.3 is 179 Å². The van der Waals surface area contributed by atoms with Gasteiger partial charge in [-0.2, -0.15) is 0 Å². The molecule has 0 aromatic rings. The third-order valence-electron chi connectivity index (χ3n) is 14.9. The number of amides is 1. The molecule has 7 heterocycles. The number of ether oxygens (including phenoxy) is 13. The average Bonchev–Trinajstić information content (AvgIpc) is 3.62. The van der Waals surface area contributed by atoms with Crippen LogP contribution >= 0.6 is 0 Å².